The smallest absolute Gasteiger partial charge is 0.0892 e. The maximum Gasteiger partial charge on any atom is 0.0892 e. The highest BCUT2D eigenvalue weighted by atomic mass is 14.8. The largest absolute Gasteiger partial charge is 0.255 e. The van der Waals surface area contributed by atoms with Crippen molar-refractivity contribution in [2.24, 2.45) is 0 Å². The first-order chi connectivity index (χ1) is 22.3. The minimum Gasteiger partial charge on any atom is -0.255 e. The van der Waals surface area contributed by atoms with E-state index in [2.05, 4.69) is 137 Å². The molecule has 2 heterocycles. The molecule has 2 aromatic heterocycles. The van der Waals surface area contributed by atoms with Crippen molar-refractivity contribution < 1.29 is 0 Å². The van der Waals surface area contributed by atoms with E-state index in [1.807, 2.05) is 30.6 Å². The van der Waals surface area contributed by atoms with Crippen molar-refractivity contribution >= 4 is 21.5 Å². The van der Waals surface area contributed by atoms with Crippen LogP contribution in [0.1, 0.15) is 22.3 Å². The summed E-state index contributed by atoms with van der Waals surface area (Å²) in [7, 11) is 0. The van der Waals surface area contributed by atoms with Crippen LogP contribution in [0.2, 0.25) is 0 Å². The minimum atomic E-state index is -0.380. The standard InChI is InChI=1S/C43H26N2/c1-2-10-28-24-39-35(22-27(28)9-1)36-23-30-17-16-29(31-18-20-45-42(26-31)41-15-7-8-19-44-41)21-32(30)25-40(36)43(39)37-13-5-3-11-33(37)34-12-4-6-14-38(34)43/h1-26H. The summed E-state index contributed by atoms with van der Waals surface area (Å²) in [6.45, 7) is 0. The van der Waals surface area contributed by atoms with Crippen molar-refractivity contribution in [1.29, 1.82) is 0 Å². The van der Waals surface area contributed by atoms with Crippen LogP contribution in [0.25, 0.3) is 66.3 Å². The van der Waals surface area contributed by atoms with Gasteiger partial charge in [0, 0.05) is 12.4 Å². The predicted octanol–water partition coefficient (Wildman–Crippen LogP) is 10.5. The molecule has 0 N–H and O–H groups in total. The second-order valence-corrected chi connectivity index (χ2v) is 12.2. The fourth-order valence-electron chi connectivity index (χ4n) is 8.01. The lowest BCUT2D eigenvalue weighted by atomic mass is 9.70. The molecule has 0 saturated carbocycles. The molecule has 208 valence electrons. The van der Waals surface area contributed by atoms with Gasteiger partial charge in [0.25, 0.3) is 0 Å². The third-order valence-corrected chi connectivity index (χ3v) is 9.93. The normalized spacial score (nSPS) is 13.5. The molecule has 0 bridgehead atoms. The van der Waals surface area contributed by atoms with E-state index in [1.165, 1.54) is 71.6 Å². The van der Waals surface area contributed by atoms with E-state index in [4.69, 9.17) is 0 Å². The van der Waals surface area contributed by atoms with Crippen LogP contribution in [0.5, 0.6) is 0 Å². The van der Waals surface area contributed by atoms with E-state index in [1.54, 1.807) is 0 Å². The van der Waals surface area contributed by atoms with Gasteiger partial charge in [-0.15, -0.1) is 0 Å². The van der Waals surface area contributed by atoms with Crippen molar-refractivity contribution in [3.63, 3.8) is 0 Å². The van der Waals surface area contributed by atoms with Gasteiger partial charge in [-0.3, -0.25) is 9.97 Å². The zero-order valence-corrected chi connectivity index (χ0v) is 24.4. The number of aromatic nitrogens is 2. The molecule has 0 unspecified atom stereocenters. The van der Waals surface area contributed by atoms with E-state index in [9.17, 15) is 0 Å². The van der Waals surface area contributed by atoms with Crippen LogP contribution in [0, 0.1) is 0 Å². The molecule has 0 fully saturated rings. The van der Waals surface area contributed by atoms with E-state index >= 15 is 0 Å². The molecule has 0 aliphatic heterocycles. The Morgan fingerprint density at radius 1 is 0.333 bits per heavy atom. The molecule has 2 aliphatic rings. The molecule has 0 radical (unpaired) electrons. The van der Waals surface area contributed by atoms with Gasteiger partial charge in [0.2, 0.25) is 0 Å². The number of nitrogens with zero attached hydrogens (tertiary/aromatic N) is 2. The number of pyridine rings is 2. The first kappa shape index (κ1) is 24.6. The van der Waals surface area contributed by atoms with E-state index < -0.39 is 0 Å². The molecule has 2 aliphatic carbocycles. The van der Waals surface area contributed by atoms with Crippen LogP contribution < -0.4 is 0 Å². The van der Waals surface area contributed by atoms with Crippen molar-refractivity contribution in [1.82, 2.24) is 9.97 Å². The SMILES string of the molecule is c1ccc(-c2cc(-c3ccc4cc5c(cc4c3)C3(c4ccccc4-c4ccccc43)c3cc4ccccc4cc3-5)ccn2)nc1. The van der Waals surface area contributed by atoms with Gasteiger partial charge in [0.05, 0.1) is 16.8 Å². The molecule has 8 aromatic rings. The highest BCUT2D eigenvalue weighted by molar-refractivity contribution is 6.03. The van der Waals surface area contributed by atoms with Gasteiger partial charge >= 0.3 is 0 Å². The maximum absolute atomic E-state index is 4.62. The Labute approximate surface area is 261 Å². The topological polar surface area (TPSA) is 25.8 Å². The lowest BCUT2D eigenvalue weighted by molar-refractivity contribution is 0.796. The van der Waals surface area contributed by atoms with Crippen molar-refractivity contribution in [3.05, 3.63) is 180 Å². The fraction of sp³-hybridized carbons (Fsp3) is 0.0233. The van der Waals surface area contributed by atoms with Crippen LogP contribution in [-0.4, -0.2) is 9.97 Å². The molecule has 45 heavy (non-hydrogen) atoms. The Hall–Kier alpha value is -5.86. The third-order valence-electron chi connectivity index (χ3n) is 9.93. The summed E-state index contributed by atoms with van der Waals surface area (Å²) in [5, 5.41) is 5.03. The summed E-state index contributed by atoms with van der Waals surface area (Å²) in [6, 6.07) is 53.6. The lowest BCUT2D eigenvalue weighted by Crippen LogP contribution is -2.25. The third kappa shape index (κ3) is 3.34. The molecule has 0 amide bonds. The number of hydrogen-bond acceptors (Lipinski definition) is 2. The van der Waals surface area contributed by atoms with E-state index in [-0.39, 0.29) is 5.41 Å². The lowest BCUT2D eigenvalue weighted by Gasteiger charge is -2.30. The Balaban J connectivity index is 1.26. The minimum absolute atomic E-state index is 0.380. The van der Waals surface area contributed by atoms with Gasteiger partial charge in [-0.2, -0.15) is 0 Å². The molecular formula is C43H26N2. The summed E-state index contributed by atoms with van der Waals surface area (Å²) in [5.41, 5.74) is 14.5. The average Bonchev–Trinajstić information content (AvgIpc) is 3.56. The number of rotatable bonds is 2. The van der Waals surface area contributed by atoms with Crippen molar-refractivity contribution in [2.45, 2.75) is 5.41 Å². The molecule has 10 rings (SSSR count). The summed E-state index contributed by atoms with van der Waals surface area (Å²) in [6.07, 6.45) is 3.70. The van der Waals surface area contributed by atoms with Gasteiger partial charge in [-0.25, -0.2) is 0 Å². The molecular weight excluding hydrogens is 544 g/mol. The Morgan fingerprint density at radius 3 is 1.62 bits per heavy atom. The van der Waals surface area contributed by atoms with Crippen molar-refractivity contribution in [2.75, 3.05) is 0 Å². The Morgan fingerprint density at radius 2 is 0.911 bits per heavy atom. The molecule has 0 atom stereocenters. The molecule has 2 heteroatoms. The zero-order chi connectivity index (χ0) is 29.5. The van der Waals surface area contributed by atoms with E-state index in [0.29, 0.717) is 0 Å². The van der Waals surface area contributed by atoms with Crippen LogP contribution in [0.15, 0.2) is 158 Å². The second kappa shape index (κ2) is 9.07. The number of benzene rings is 6. The molecule has 1 spiro atoms. The fourth-order valence-corrected chi connectivity index (χ4v) is 8.01. The molecule has 6 aromatic carbocycles. The number of fused-ring (bicyclic) bond motifs is 12. The van der Waals surface area contributed by atoms with Crippen LogP contribution in [-0.2, 0) is 5.41 Å². The first-order valence-electron chi connectivity index (χ1n) is 15.5. The predicted molar refractivity (Wildman–Crippen MR) is 184 cm³/mol. The summed E-state index contributed by atoms with van der Waals surface area (Å²) < 4.78 is 0. The summed E-state index contributed by atoms with van der Waals surface area (Å²) in [4.78, 5) is 9.15. The average molecular weight is 571 g/mol. The van der Waals surface area contributed by atoms with Crippen LogP contribution >= 0.6 is 0 Å². The Bertz CT molecular complexity index is 2450. The number of hydrogen-bond donors (Lipinski definition) is 0. The maximum atomic E-state index is 4.62. The monoisotopic (exact) mass is 570 g/mol. The summed E-state index contributed by atoms with van der Waals surface area (Å²) in [5.74, 6) is 0. The zero-order valence-electron chi connectivity index (χ0n) is 24.4. The van der Waals surface area contributed by atoms with Crippen molar-refractivity contribution in [3.8, 4) is 44.8 Å². The van der Waals surface area contributed by atoms with Crippen LogP contribution in [0.4, 0.5) is 0 Å². The highest BCUT2D eigenvalue weighted by Gasteiger charge is 2.51. The van der Waals surface area contributed by atoms with Gasteiger partial charge in [0.15, 0.2) is 0 Å². The first-order valence-corrected chi connectivity index (χ1v) is 15.5. The van der Waals surface area contributed by atoms with Gasteiger partial charge < -0.3 is 0 Å². The molecule has 0 saturated heterocycles. The second-order valence-electron chi connectivity index (χ2n) is 12.2. The van der Waals surface area contributed by atoms with Gasteiger partial charge in [0.1, 0.15) is 0 Å². The van der Waals surface area contributed by atoms with Gasteiger partial charge in [-0.05, 0) is 132 Å². The summed E-state index contributed by atoms with van der Waals surface area (Å²) >= 11 is 0. The molecule has 2 nitrogen and oxygen atoms in total. The van der Waals surface area contributed by atoms with Crippen LogP contribution in [0.3, 0.4) is 0 Å². The van der Waals surface area contributed by atoms with E-state index in [0.717, 1.165) is 17.0 Å². The highest BCUT2D eigenvalue weighted by Crippen LogP contribution is 2.63. The van der Waals surface area contributed by atoms with Gasteiger partial charge in [-0.1, -0.05) is 91.0 Å². The Kier molecular flexibility index (Phi) is 4.95. The quantitative estimate of drug-likeness (QED) is 0.207.